The Kier molecular flexibility index (Phi) is 3.56. The van der Waals surface area contributed by atoms with Crippen LogP contribution in [0, 0.1) is 6.92 Å². The Morgan fingerprint density at radius 3 is 2.88 bits per heavy atom. The third-order valence-electron chi connectivity index (χ3n) is 4.46. The van der Waals surface area contributed by atoms with E-state index in [9.17, 15) is 9.59 Å². The summed E-state index contributed by atoms with van der Waals surface area (Å²) in [5, 5.41) is 4.14. The van der Waals surface area contributed by atoms with E-state index in [4.69, 9.17) is 8.83 Å². The fourth-order valence-corrected chi connectivity index (χ4v) is 3.27. The Bertz CT molecular complexity index is 998. The quantitative estimate of drug-likeness (QED) is 0.732. The van der Waals surface area contributed by atoms with E-state index in [-0.39, 0.29) is 24.4 Å². The number of fused-ring (bicyclic) bond motifs is 1. The average Bonchev–Trinajstić information content (AvgIpc) is 3.24. The second-order valence-corrected chi connectivity index (χ2v) is 6.17. The van der Waals surface area contributed by atoms with Gasteiger partial charge in [0.1, 0.15) is 12.3 Å². The molecular formula is C18H17N3O4. The topological polar surface area (TPSA) is 81.5 Å². The van der Waals surface area contributed by atoms with Crippen molar-refractivity contribution in [2.24, 2.45) is 0 Å². The highest BCUT2D eigenvalue weighted by Crippen LogP contribution is 2.32. The van der Waals surface area contributed by atoms with Gasteiger partial charge in [-0.05, 0) is 38.0 Å². The fourth-order valence-electron chi connectivity index (χ4n) is 3.27. The summed E-state index contributed by atoms with van der Waals surface area (Å²) in [5.74, 6) is -0.104. The first-order valence-electron chi connectivity index (χ1n) is 8.07. The van der Waals surface area contributed by atoms with Gasteiger partial charge in [0.2, 0.25) is 5.91 Å². The Labute approximate surface area is 143 Å². The van der Waals surface area contributed by atoms with Gasteiger partial charge in [-0.25, -0.2) is 4.79 Å². The van der Waals surface area contributed by atoms with Gasteiger partial charge in [0.25, 0.3) is 5.89 Å². The van der Waals surface area contributed by atoms with Crippen molar-refractivity contribution in [1.29, 1.82) is 0 Å². The van der Waals surface area contributed by atoms with Crippen LogP contribution in [0.3, 0.4) is 0 Å². The zero-order valence-electron chi connectivity index (χ0n) is 13.9. The largest absolute Gasteiger partial charge is 0.469 e. The van der Waals surface area contributed by atoms with Crippen molar-refractivity contribution in [3.05, 3.63) is 58.5 Å². The lowest BCUT2D eigenvalue weighted by Gasteiger charge is -2.22. The van der Waals surface area contributed by atoms with Gasteiger partial charge < -0.3 is 13.7 Å². The van der Waals surface area contributed by atoms with E-state index in [2.05, 4.69) is 5.10 Å². The average molecular weight is 339 g/mol. The molecule has 0 unspecified atom stereocenters. The highest BCUT2D eigenvalue weighted by molar-refractivity contribution is 5.96. The van der Waals surface area contributed by atoms with Crippen LogP contribution in [0.1, 0.15) is 18.2 Å². The van der Waals surface area contributed by atoms with Gasteiger partial charge >= 0.3 is 5.76 Å². The number of nitrogens with zero attached hydrogens (tertiary/aromatic N) is 3. The lowest BCUT2D eigenvalue weighted by atomic mass is 10.1. The normalized spacial score (nSPS) is 16.2. The number of rotatable bonds is 3. The molecule has 0 aliphatic carbocycles. The number of carbonyl (C=O) groups is 1. The van der Waals surface area contributed by atoms with E-state index >= 15 is 0 Å². The van der Waals surface area contributed by atoms with E-state index in [1.807, 2.05) is 31.2 Å². The maximum absolute atomic E-state index is 12.8. The lowest BCUT2D eigenvalue weighted by Crippen LogP contribution is -2.39. The fraction of sp³-hybridized carbons (Fsp3) is 0.278. The number of benzene rings is 1. The van der Waals surface area contributed by atoms with Crippen molar-refractivity contribution in [3.63, 3.8) is 0 Å². The maximum atomic E-state index is 12.8. The molecule has 1 aromatic carbocycles. The standard InChI is InChI=1S/C18H17N3O4/c1-11-9-13-5-3-4-6-15(13)21(11)16(22)10-20-18(23)25-17(19-20)14-7-8-24-12(14)2/h3-8,11H,9-10H2,1-2H3/t11-/m1/s1. The number of amides is 1. The molecule has 0 spiro atoms. The van der Waals surface area contributed by atoms with E-state index in [0.717, 1.165) is 22.4 Å². The van der Waals surface area contributed by atoms with Gasteiger partial charge in [-0.2, -0.15) is 4.68 Å². The molecule has 1 aliphatic rings. The molecule has 25 heavy (non-hydrogen) atoms. The molecule has 0 radical (unpaired) electrons. The number of anilines is 1. The summed E-state index contributed by atoms with van der Waals surface area (Å²) in [7, 11) is 0. The Hall–Kier alpha value is -3.09. The monoisotopic (exact) mass is 339 g/mol. The van der Waals surface area contributed by atoms with Gasteiger partial charge in [0, 0.05) is 11.7 Å². The van der Waals surface area contributed by atoms with Crippen molar-refractivity contribution >= 4 is 11.6 Å². The molecule has 1 amide bonds. The van der Waals surface area contributed by atoms with E-state index in [1.54, 1.807) is 17.9 Å². The third kappa shape index (κ3) is 2.57. The van der Waals surface area contributed by atoms with Gasteiger partial charge in [-0.1, -0.05) is 18.2 Å². The van der Waals surface area contributed by atoms with E-state index in [0.29, 0.717) is 11.3 Å². The van der Waals surface area contributed by atoms with Gasteiger partial charge in [0.05, 0.1) is 11.8 Å². The summed E-state index contributed by atoms with van der Waals surface area (Å²) in [6.45, 7) is 3.57. The number of para-hydroxylation sites is 1. The minimum atomic E-state index is -0.663. The van der Waals surface area contributed by atoms with Crippen LogP contribution >= 0.6 is 0 Å². The second-order valence-electron chi connectivity index (χ2n) is 6.17. The van der Waals surface area contributed by atoms with Gasteiger partial charge in [-0.15, -0.1) is 5.10 Å². The smallest absolute Gasteiger partial charge is 0.437 e. The predicted molar refractivity (Wildman–Crippen MR) is 90.3 cm³/mol. The zero-order valence-corrected chi connectivity index (χ0v) is 13.9. The molecule has 0 fully saturated rings. The van der Waals surface area contributed by atoms with Crippen LogP contribution in [-0.2, 0) is 17.8 Å². The summed E-state index contributed by atoms with van der Waals surface area (Å²) in [4.78, 5) is 26.5. The first-order chi connectivity index (χ1) is 12.0. The molecule has 128 valence electrons. The molecule has 0 bridgehead atoms. The number of hydrogen-bond donors (Lipinski definition) is 0. The minimum Gasteiger partial charge on any atom is -0.469 e. The first kappa shape index (κ1) is 15.4. The van der Waals surface area contributed by atoms with Crippen molar-refractivity contribution in [2.75, 3.05) is 4.90 Å². The number of aryl methyl sites for hydroxylation is 1. The number of carbonyl (C=O) groups excluding carboxylic acids is 1. The van der Waals surface area contributed by atoms with Crippen LogP contribution in [0.4, 0.5) is 5.69 Å². The molecule has 3 heterocycles. The van der Waals surface area contributed by atoms with E-state index < -0.39 is 5.76 Å². The molecule has 7 heteroatoms. The van der Waals surface area contributed by atoms with Crippen LogP contribution in [0.5, 0.6) is 0 Å². The van der Waals surface area contributed by atoms with Gasteiger partial charge in [0.15, 0.2) is 0 Å². The highest BCUT2D eigenvalue weighted by Gasteiger charge is 2.31. The molecule has 2 aromatic heterocycles. The SMILES string of the molecule is Cc1occc1-c1nn(CC(=O)N2c3ccccc3C[C@H]2C)c(=O)o1. The van der Waals surface area contributed by atoms with Crippen LogP contribution in [0.25, 0.3) is 11.5 Å². The van der Waals surface area contributed by atoms with Crippen LogP contribution in [-0.4, -0.2) is 21.7 Å². The Morgan fingerprint density at radius 2 is 2.12 bits per heavy atom. The third-order valence-corrected chi connectivity index (χ3v) is 4.46. The van der Waals surface area contributed by atoms with Crippen molar-refractivity contribution in [1.82, 2.24) is 9.78 Å². The Balaban J connectivity index is 1.61. The van der Waals surface area contributed by atoms with Crippen molar-refractivity contribution in [2.45, 2.75) is 32.9 Å². The molecule has 0 saturated heterocycles. The van der Waals surface area contributed by atoms with Crippen molar-refractivity contribution < 1.29 is 13.6 Å². The molecule has 0 saturated carbocycles. The molecule has 3 aromatic rings. The minimum absolute atomic E-state index is 0.0445. The van der Waals surface area contributed by atoms with Crippen LogP contribution in [0.2, 0.25) is 0 Å². The highest BCUT2D eigenvalue weighted by atomic mass is 16.4. The summed E-state index contributed by atoms with van der Waals surface area (Å²) in [6.07, 6.45) is 2.30. The molecule has 7 nitrogen and oxygen atoms in total. The summed E-state index contributed by atoms with van der Waals surface area (Å²) >= 11 is 0. The number of furan rings is 1. The Morgan fingerprint density at radius 1 is 1.32 bits per heavy atom. The maximum Gasteiger partial charge on any atom is 0.437 e. The lowest BCUT2D eigenvalue weighted by molar-refractivity contribution is -0.119. The molecule has 1 atom stereocenters. The summed E-state index contributed by atoms with van der Waals surface area (Å²) < 4.78 is 11.4. The second kappa shape index (κ2) is 5.77. The zero-order chi connectivity index (χ0) is 17.6. The van der Waals surface area contributed by atoms with Crippen LogP contribution < -0.4 is 10.7 Å². The molecular weight excluding hydrogens is 322 g/mol. The molecule has 4 rings (SSSR count). The van der Waals surface area contributed by atoms with E-state index in [1.165, 1.54) is 6.26 Å². The molecule has 1 aliphatic heterocycles. The predicted octanol–water partition coefficient (Wildman–Crippen LogP) is 2.38. The summed E-state index contributed by atoms with van der Waals surface area (Å²) in [5.41, 5.74) is 2.62. The van der Waals surface area contributed by atoms with Gasteiger partial charge in [-0.3, -0.25) is 4.79 Å². The summed E-state index contributed by atoms with van der Waals surface area (Å²) in [6, 6.07) is 9.51. The van der Waals surface area contributed by atoms with Crippen molar-refractivity contribution in [3.8, 4) is 11.5 Å². The van der Waals surface area contributed by atoms with Crippen LogP contribution in [0.15, 0.2) is 50.2 Å². The molecule has 0 N–H and O–H groups in total. The number of aromatic nitrogens is 2. The number of hydrogen-bond acceptors (Lipinski definition) is 5. The first-order valence-corrected chi connectivity index (χ1v) is 8.07.